The zero-order valence-electron chi connectivity index (χ0n) is 7.41. The Morgan fingerprint density at radius 3 is 2.50 bits per heavy atom. The minimum absolute atomic E-state index is 0.496. The van der Waals surface area contributed by atoms with Crippen molar-refractivity contribution in [1.82, 2.24) is 0 Å². The lowest BCUT2D eigenvalue weighted by molar-refractivity contribution is 0.406. The molecule has 0 saturated heterocycles. The van der Waals surface area contributed by atoms with Crippen LogP contribution in [0.25, 0.3) is 0 Å². The summed E-state index contributed by atoms with van der Waals surface area (Å²) in [5, 5.41) is 0. The fourth-order valence-corrected chi connectivity index (χ4v) is 1.58. The molecule has 0 amide bonds. The van der Waals surface area contributed by atoms with Crippen molar-refractivity contribution in [3.05, 3.63) is 11.6 Å². The lowest BCUT2D eigenvalue weighted by Gasteiger charge is -2.18. The average Bonchev–Trinajstić information content (AvgIpc) is 2.12. The molecule has 0 atom stereocenters. The highest BCUT2D eigenvalue weighted by Gasteiger charge is 2.14. The molecule has 0 bridgehead atoms. The molecule has 0 heterocycles. The van der Waals surface area contributed by atoms with Crippen molar-refractivity contribution in [2.45, 2.75) is 46.5 Å². The van der Waals surface area contributed by atoms with Crippen molar-refractivity contribution in [3.8, 4) is 0 Å². The second-order valence-corrected chi connectivity index (χ2v) is 4.49. The molecule has 1 rings (SSSR count). The fourth-order valence-electron chi connectivity index (χ4n) is 1.58. The van der Waals surface area contributed by atoms with E-state index in [4.69, 9.17) is 0 Å². The number of rotatable bonds is 1. The molecule has 0 heteroatoms. The molecule has 0 fully saturated rings. The maximum absolute atomic E-state index is 2.42. The Hall–Kier alpha value is -0.260. The van der Waals surface area contributed by atoms with E-state index in [0.717, 1.165) is 0 Å². The van der Waals surface area contributed by atoms with Crippen molar-refractivity contribution >= 4 is 0 Å². The van der Waals surface area contributed by atoms with Crippen molar-refractivity contribution in [2.75, 3.05) is 0 Å². The van der Waals surface area contributed by atoms with Crippen LogP contribution < -0.4 is 0 Å². The van der Waals surface area contributed by atoms with Crippen LogP contribution >= 0.6 is 0 Å². The molecule has 0 aliphatic heterocycles. The van der Waals surface area contributed by atoms with Gasteiger partial charge in [0.25, 0.3) is 0 Å². The Morgan fingerprint density at radius 1 is 1.40 bits per heavy atom. The van der Waals surface area contributed by atoms with Gasteiger partial charge in [0.05, 0.1) is 0 Å². The maximum atomic E-state index is 2.42. The summed E-state index contributed by atoms with van der Waals surface area (Å²) in [5.74, 6) is 0. The first-order valence-electron chi connectivity index (χ1n) is 4.26. The summed E-state index contributed by atoms with van der Waals surface area (Å²) in [6.45, 7) is 6.94. The van der Waals surface area contributed by atoms with Gasteiger partial charge in [-0.2, -0.15) is 0 Å². The van der Waals surface area contributed by atoms with Crippen LogP contribution in [-0.2, 0) is 0 Å². The highest BCUT2D eigenvalue weighted by atomic mass is 14.2. The first-order valence-corrected chi connectivity index (χ1v) is 4.26. The summed E-state index contributed by atoms with van der Waals surface area (Å²) in [6, 6.07) is 0. The molecule has 0 aromatic heterocycles. The molecule has 58 valence electrons. The normalized spacial score (nSPS) is 19.3. The van der Waals surface area contributed by atoms with E-state index in [1.807, 2.05) is 0 Å². The van der Waals surface area contributed by atoms with Crippen LogP contribution in [0.3, 0.4) is 0 Å². The Bertz CT molecular complexity index is 135. The summed E-state index contributed by atoms with van der Waals surface area (Å²) in [4.78, 5) is 0. The van der Waals surface area contributed by atoms with Gasteiger partial charge in [-0.15, -0.1) is 0 Å². The van der Waals surface area contributed by atoms with Gasteiger partial charge in [-0.05, 0) is 31.1 Å². The quantitative estimate of drug-likeness (QED) is 0.486. The SMILES string of the molecule is CC(C)(C)CC1=CCCC1. The van der Waals surface area contributed by atoms with Crippen LogP contribution in [0.1, 0.15) is 46.5 Å². The molecule has 0 saturated carbocycles. The van der Waals surface area contributed by atoms with Crippen molar-refractivity contribution in [1.29, 1.82) is 0 Å². The second kappa shape index (κ2) is 2.77. The highest BCUT2D eigenvalue weighted by Crippen LogP contribution is 2.30. The molecule has 0 aromatic carbocycles. The smallest absolute Gasteiger partial charge is 0.0271 e. The standard InChI is InChI=1S/C10H18/c1-10(2,3)8-9-6-4-5-7-9/h6H,4-5,7-8H2,1-3H3. The van der Waals surface area contributed by atoms with Gasteiger partial charge in [0.15, 0.2) is 0 Å². The number of hydrogen-bond donors (Lipinski definition) is 0. The Morgan fingerprint density at radius 2 is 2.10 bits per heavy atom. The van der Waals surface area contributed by atoms with E-state index in [1.54, 1.807) is 5.57 Å². The van der Waals surface area contributed by atoms with Gasteiger partial charge in [-0.3, -0.25) is 0 Å². The zero-order valence-corrected chi connectivity index (χ0v) is 7.41. The molecule has 10 heavy (non-hydrogen) atoms. The summed E-state index contributed by atoms with van der Waals surface area (Å²) in [6.07, 6.45) is 7.80. The first kappa shape index (κ1) is 7.84. The predicted molar refractivity (Wildman–Crippen MR) is 46.0 cm³/mol. The average molecular weight is 138 g/mol. The molecule has 0 nitrogen and oxygen atoms in total. The summed E-state index contributed by atoms with van der Waals surface area (Å²) >= 11 is 0. The third-order valence-corrected chi connectivity index (χ3v) is 1.89. The van der Waals surface area contributed by atoms with Crippen molar-refractivity contribution in [2.24, 2.45) is 5.41 Å². The number of hydrogen-bond acceptors (Lipinski definition) is 0. The van der Waals surface area contributed by atoms with Gasteiger partial charge in [0.2, 0.25) is 0 Å². The van der Waals surface area contributed by atoms with Crippen LogP contribution in [0, 0.1) is 5.41 Å². The van der Waals surface area contributed by atoms with Crippen molar-refractivity contribution in [3.63, 3.8) is 0 Å². The molecular weight excluding hydrogens is 120 g/mol. The van der Waals surface area contributed by atoms with Gasteiger partial charge in [0.1, 0.15) is 0 Å². The molecule has 1 aliphatic rings. The Kier molecular flexibility index (Phi) is 2.18. The minimum atomic E-state index is 0.496. The van der Waals surface area contributed by atoms with E-state index in [2.05, 4.69) is 26.8 Å². The van der Waals surface area contributed by atoms with E-state index < -0.39 is 0 Å². The van der Waals surface area contributed by atoms with E-state index in [0.29, 0.717) is 5.41 Å². The lowest BCUT2D eigenvalue weighted by atomic mass is 9.88. The van der Waals surface area contributed by atoms with Gasteiger partial charge in [-0.1, -0.05) is 32.4 Å². The van der Waals surface area contributed by atoms with Gasteiger partial charge >= 0.3 is 0 Å². The summed E-state index contributed by atoms with van der Waals surface area (Å²) < 4.78 is 0. The third-order valence-electron chi connectivity index (χ3n) is 1.89. The van der Waals surface area contributed by atoms with E-state index in [9.17, 15) is 0 Å². The molecule has 0 N–H and O–H groups in total. The van der Waals surface area contributed by atoms with Gasteiger partial charge in [0, 0.05) is 0 Å². The van der Waals surface area contributed by atoms with Gasteiger partial charge in [-0.25, -0.2) is 0 Å². The highest BCUT2D eigenvalue weighted by molar-refractivity contribution is 5.08. The third kappa shape index (κ3) is 2.55. The molecular formula is C10H18. The van der Waals surface area contributed by atoms with Crippen LogP contribution in [-0.4, -0.2) is 0 Å². The largest absolute Gasteiger partial charge is 0.0853 e. The summed E-state index contributed by atoms with van der Waals surface area (Å²) in [5.41, 5.74) is 2.18. The van der Waals surface area contributed by atoms with Crippen LogP contribution in [0.5, 0.6) is 0 Å². The van der Waals surface area contributed by atoms with E-state index >= 15 is 0 Å². The minimum Gasteiger partial charge on any atom is -0.0853 e. The number of allylic oxidation sites excluding steroid dienone is 2. The fraction of sp³-hybridized carbons (Fsp3) is 0.800. The molecule has 0 spiro atoms. The predicted octanol–water partition coefficient (Wildman–Crippen LogP) is 3.53. The van der Waals surface area contributed by atoms with Crippen LogP contribution in [0.2, 0.25) is 0 Å². The van der Waals surface area contributed by atoms with Crippen LogP contribution in [0.4, 0.5) is 0 Å². The van der Waals surface area contributed by atoms with Crippen LogP contribution in [0.15, 0.2) is 11.6 Å². The zero-order chi connectivity index (χ0) is 7.61. The topological polar surface area (TPSA) is 0 Å². The summed E-state index contributed by atoms with van der Waals surface area (Å²) in [7, 11) is 0. The first-order chi connectivity index (χ1) is 4.58. The lowest BCUT2D eigenvalue weighted by Crippen LogP contribution is -2.05. The Balaban J connectivity index is 2.38. The van der Waals surface area contributed by atoms with E-state index in [-0.39, 0.29) is 0 Å². The molecule has 0 aromatic rings. The molecule has 0 unspecified atom stereocenters. The molecule has 0 radical (unpaired) electrons. The van der Waals surface area contributed by atoms with Gasteiger partial charge < -0.3 is 0 Å². The van der Waals surface area contributed by atoms with Crippen molar-refractivity contribution < 1.29 is 0 Å². The maximum Gasteiger partial charge on any atom is -0.0271 e. The Labute approximate surface area is 64.3 Å². The second-order valence-electron chi connectivity index (χ2n) is 4.49. The monoisotopic (exact) mass is 138 g/mol. The van der Waals surface area contributed by atoms with E-state index in [1.165, 1.54) is 25.7 Å². The molecule has 1 aliphatic carbocycles.